The first-order valence-corrected chi connectivity index (χ1v) is 3.21. The molecule has 1 aliphatic rings. The quantitative estimate of drug-likeness (QED) is 0.481. The van der Waals surface area contributed by atoms with Gasteiger partial charge in [-0.2, -0.15) is 5.06 Å². The average molecular weight is 130 g/mol. The molecule has 0 aromatic carbocycles. The van der Waals surface area contributed by atoms with Gasteiger partial charge in [-0.15, -0.1) is 0 Å². The number of nitrogens with zero attached hydrogens (tertiary/aromatic N) is 2. The highest BCUT2D eigenvalue weighted by atomic mass is 16.7. The van der Waals surface area contributed by atoms with Gasteiger partial charge in [-0.3, -0.25) is 4.84 Å². The second-order valence-corrected chi connectivity index (χ2v) is 2.76. The molecule has 0 bridgehead atoms. The molecule has 0 atom stereocenters. The van der Waals surface area contributed by atoms with Gasteiger partial charge in [-0.1, -0.05) is 0 Å². The van der Waals surface area contributed by atoms with E-state index in [2.05, 4.69) is 11.9 Å². The summed E-state index contributed by atoms with van der Waals surface area (Å²) in [6, 6.07) is 0. The fourth-order valence-corrected chi connectivity index (χ4v) is 1.01. The highest BCUT2D eigenvalue weighted by molar-refractivity contribution is 4.76. The molecule has 0 saturated carbocycles. The van der Waals surface area contributed by atoms with Crippen molar-refractivity contribution < 1.29 is 4.84 Å². The molecule has 0 radical (unpaired) electrons. The lowest BCUT2D eigenvalue weighted by Crippen LogP contribution is -2.51. The first-order valence-electron chi connectivity index (χ1n) is 3.21. The number of hydrogen-bond donors (Lipinski definition) is 0. The Balaban J connectivity index is 2.04. The van der Waals surface area contributed by atoms with Gasteiger partial charge < -0.3 is 4.90 Å². The van der Waals surface area contributed by atoms with Gasteiger partial charge >= 0.3 is 0 Å². The molecular formula is C6H14N2O. The van der Waals surface area contributed by atoms with Crippen molar-refractivity contribution in [3.05, 3.63) is 0 Å². The smallest absolute Gasteiger partial charge is 0.105 e. The first kappa shape index (κ1) is 6.99. The molecule has 0 N–H and O–H groups in total. The van der Waals surface area contributed by atoms with Crippen molar-refractivity contribution in [3.63, 3.8) is 0 Å². The number of likely N-dealkylation sites (N-methyl/N-ethyl adjacent to an activating group) is 1. The number of rotatable bonds is 2. The van der Waals surface area contributed by atoms with Crippen LogP contribution >= 0.6 is 0 Å². The van der Waals surface area contributed by atoms with Crippen LogP contribution in [0.25, 0.3) is 0 Å². The Morgan fingerprint density at radius 1 is 1.44 bits per heavy atom. The molecule has 1 heterocycles. The molecule has 9 heavy (non-hydrogen) atoms. The fourth-order valence-electron chi connectivity index (χ4n) is 1.01. The van der Waals surface area contributed by atoms with Gasteiger partial charge in [-0.05, 0) is 7.05 Å². The normalized spacial score (nSPS) is 22.7. The van der Waals surface area contributed by atoms with Crippen molar-refractivity contribution in [1.29, 1.82) is 0 Å². The van der Waals surface area contributed by atoms with E-state index < -0.39 is 0 Å². The molecule has 54 valence electrons. The molecule has 0 amide bonds. The Kier molecular flexibility index (Phi) is 2.05. The standard InChI is InChI=1S/C6H14N2O/c1-7(2)9-6-4-8(3)5-6/h6H,4-5H2,1-3H3. The summed E-state index contributed by atoms with van der Waals surface area (Å²) in [7, 11) is 5.92. The van der Waals surface area contributed by atoms with Gasteiger partial charge in [0.1, 0.15) is 6.10 Å². The summed E-state index contributed by atoms with van der Waals surface area (Å²) < 4.78 is 0. The van der Waals surface area contributed by atoms with Crippen molar-refractivity contribution in [3.8, 4) is 0 Å². The SMILES string of the molecule is CN1CC(ON(C)C)C1. The second kappa shape index (κ2) is 2.64. The third kappa shape index (κ3) is 1.93. The zero-order valence-corrected chi connectivity index (χ0v) is 6.29. The van der Waals surface area contributed by atoms with E-state index >= 15 is 0 Å². The number of likely N-dealkylation sites (tertiary alicyclic amines) is 1. The Morgan fingerprint density at radius 3 is 2.33 bits per heavy atom. The van der Waals surface area contributed by atoms with Crippen LogP contribution in [0.15, 0.2) is 0 Å². The molecule has 0 spiro atoms. The van der Waals surface area contributed by atoms with Crippen LogP contribution < -0.4 is 0 Å². The molecule has 0 aromatic rings. The zero-order chi connectivity index (χ0) is 6.85. The number of hydroxylamine groups is 2. The Labute approximate surface area is 56.1 Å². The Hall–Kier alpha value is -0.120. The van der Waals surface area contributed by atoms with Gasteiger partial charge in [0, 0.05) is 27.2 Å². The summed E-state index contributed by atoms with van der Waals surface area (Å²) >= 11 is 0. The third-order valence-electron chi connectivity index (χ3n) is 1.39. The highest BCUT2D eigenvalue weighted by Gasteiger charge is 2.24. The minimum absolute atomic E-state index is 0.435. The summed E-state index contributed by atoms with van der Waals surface area (Å²) in [5.41, 5.74) is 0. The molecule has 0 aliphatic carbocycles. The van der Waals surface area contributed by atoms with Gasteiger partial charge in [0.25, 0.3) is 0 Å². The van der Waals surface area contributed by atoms with E-state index in [0.717, 1.165) is 13.1 Å². The predicted molar refractivity (Wildman–Crippen MR) is 36.1 cm³/mol. The van der Waals surface area contributed by atoms with Crippen molar-refractivity contribution in [1.82, 2.24) is 9.96 Å². The summed E-state index contributed by atoms with van der Waals surface area (Å²) in [5, 5.41) is 1.76. The van der Waals surface area contributed by atoms with Gasteiger partial charge in [0.05, 0.1) is 0 Å². The maximum Gasteiger partial charge on any atom is 0.105 e. The van der Waals surface area contributed by atoms with E-state index in [-0.39, 0.29) is 0 Å². The van der Waals surface area contributed by atoms with E-state index in [1.54, 1.807) is 5.06 Å². The van der Waals surface area contributed by atoms with Crippen molar-refractivity contribution in [2.45, 2.75) is 6.10 Å². The third-order valence-corrected chi connectivity index (χ3v) is 1.39. The van der Waals surface area contributed by atoms with E-state index in [1.807, 2.05) is 14.1 Å². The Morgan fingerprint density at radius 2 is 2.00 bits per heavy atom. The molecule has 1 fully saturated rings. The van der Waals surface area contributed by atoms with E-state index in [1.165, 1.54) is 0 Å². The van der Waals surface area contributed by atoms with Gasteiger partial charge in [0.2, 0.25) is 0 Å². The lowest BCUT2D eigenvalue weighted by molar-refractivity contribution is -0.200. The molecular weight excluding hydrogens is 116 g/mol. The van der Waals surface area contributed by atoms with Crippen LogP contribution in [0.4, 0.5) is 0 Å². The summed E-state index contributed by atoms with van der Waals surface area (Å²) in [6.45, 7) is 2.14. The largest absolute Gasteiger partial charge is 0.301 e. The molecule has 3 heteroatoms. The van der Waals surface area contributed by atoms with E-state index in [0.29, 0.717) is 6.10 Å². The highest BCUT2D eigenvalue weighted by Crippen LogP contribution is 2.08. The maximum atomic E-state index is 5.35. The van der Waals surface area contributed by atoms with Crippen molar-refractivity contribution in [2.24, 2.45) is 0 Å². The summed E-state index contributed by atoms with van der Waals surface area (Å²) in [4.78, 5) is 7.58. The Bertz CT molecular complexity index is 89.1. The maximum absolute atomic E-state index is 5.35. The van der Waals surface area contributed by atoms with Crippen LogP contribution in [0.2, 0.25) is 0 Å². The molecule has 0 unspecified atom stereocenters. The van der Waals surface area contributed by atoms with Gasteiger partial charge in [0.15, 0.2) is 0 Å². The summed E-state index contributed by atoms with van der Waals surface area (Å²) in [5.74, 6) is 0. The second-order valence-electron chi connectivity index (χ2n) is 2.76. The molecule has 1 aliphatic heterocycles. The minimum atomic E-state index is 0.435. The molecule has 1 saturated heterocycles. The van der Waals surface area contributed by atoms with Crippen LogP contribution in [0.3, 0.4) is 0 Å². The van der Waals surface area contributed by atoms with Crippen molar-refractivity contribution >= 4 is 0 Å². The zero-order valence-electron chi connectivity index (χ0n) is 6.29. The van der Waals surface area contributed by atoms with Crippen LogP contribution in [0, 0.1) is 0 Å². The van der Waals surface area contributed by atoms with Crippen LogP contribution in [-0.2, 0) is 4.84 Å². The van der Waals surface area contributed by atoms with Gasteiger partial charge in [-0.25, -0.2) is 0 Å². The van der Waals surface area contributed by atoms with E-state index in [9.17, 15) is 0 Å². The van der Waals surface area contributed by atoms with Crippen molar-refractivity contribution in [2.75, 3.05) is 34.2 Å². The van der Waals surface area contributed by atoms with Crippen LogP contribution in [0.1, 0.15) is 0 Å². The van der Waals surface area contributed by atoms with Crippen LogP contribution in [-0.4, -0.2) is 50.3 Å². The lowest BCUT2D eigenvalue weighted by Gasteiger charge is -2.36. The topological polar surface area (TPSA) is 15.7 Å². The minimum Gasteiger partial charge on any atom is -0.301 e. The molecule has 0 aromatic heterocycles. The lowest BCUT2D eigenvalue weighted by atomic mass is 10.2. The first-order chi connectivity index (χ1) is 4.18. The number of hydrogen-bond acceptors (Lipinski definition) is 3. The molecule has 1 rings (SSSR count). The monoisotopic (exact) mass is 130 g/mol. The van der Waals surface area contributed by atoms with Crippen LogP contribution in [0.5, 0.6) is 0 Å². The molecule has 3 nitrogen and oxygen atoms in total. The predicted octanol–water partition coefficient (Wildman–Crippen LogP) is -0.206. The van der Waals surface area contributed by atoms with E-state index in [4.69, 9.17) is 4.84 Å². The summed E-state index contributed by atoms with van der Waals surface area (Å²) in [6.07, 6.45) is 0.435. The fraction of sp³-hybridized carbons (Fsp3) is 1.00. The average Bonchev–Trinajstić information content (AvgIpc) is 1.60.